The Morgan fingerprint density at radius 2 is 0.828 bits per heavy atom. The average molecular weight is 757 g/mol. The quantitative estimate of drug-likeness (QED) is 0.175. The second-order valence-electron chi connectivity index (χ2n) is 15.3. The summed E-state index contributed by atoms with van der Waals surface area (Å²) in [4.78, 5) is 0. The fourth-order valence-electron chi connectivity index (χ4n) is 9.46. The molecule has 9 aromatic carbocycles. The second kappa shape index (κ2) is 12.1. The molecule has 0 saturated carbocycles. The molecule has 0 aliphatic carbocycles. The molecule has 3 nitrogen and oxygen atoms in total. The first-order valence-corrected chi connectivity index (χ1v) is 20.6. The molecule has 0 bridgehead atoms. The summed E-state index contributed by atoms with van der Waals surface area (Å²) in [6, 6.07) is 70.7. The zero-order valence-corrected chi connectivity index (χ0v) is 32.0. The molecule has 270 valence electrons. The molecule has 4 aromatic heterocycles. The molecule has 0 atom stereocenters. The Bertz CT molecular complexity index is 3790. The van der Waals surface area contributed by atoms with E-state index in [0.717, 1.165) is 27.6 Å². The first kappa shape index (κ1) is 31.8. The molecule has 13 rings (SSSR count). The van der Waals surface area contributed by atoms with Gasteiger partial charge in [0.15, 0.2) is 0 Å². The third-order valence-electron chi connectivity index (χ3n) is 12.1. The molecule has 0 amide bonds. The van der Waals surface area contributed by atoms with Crippen molar-refractivity contribution in [1.82, 2.24) is 9.13 Å². The van der Waals surface area contributed by atoms with E-state index in [0.29, 0.717) is 0 Å². The number of nitrogens with zero attached hydrogens (tertiary/aromatic N) is 2. The van der Waals surface area contributed by atoms with E-state index in [4.69, 9.17) is 4.42 Å². The van der Waals surface area contributed by atoms with Crippen LogP contribution in [0.1, 0.15) is 0 Å². The Hall–Kier alpha value is -7.40. The molecule has 4 heterocycles. The summed E-state index contributed by atoms with van der Waals surface area (Å²) in [5, 5.41) is 9.97. The van der Waals surface area contributed by atoms with Crippen molar-refractivity contribution in [3.05, 3.63) is 194 Å². The van der Waals surface area contributed by atoms with E-state index in [1.165, 1.54) is 91.7 Å². The van der Waals surface area contributed by atoms with Crippen molar-refractivity contribution in [2.24, 2.45) is 0 Å². The van der Waals surface area contributed by atoms with Crippen LogP contribution >= 0.6 is 11.3 Å². The molecule has 0 saturated heterocycles. The molecule has 0 fully saturated rings. The maximum atomic E-state index is 6.17. The van der Waals surface area contributed by atoms with Crippen LogP contribution in [0.3, 0.4) is 0 Å². The Morgan fingerprint density at radius 3 is 1.53 bits per heavy atom. The monoisotopic (exact) mass is 756 g/mol. The minimum absolute atomic E-state index is 0.912. The van der Waals surface area contributed by atoms with Gasteiger partial charge in [-0.2, -0.15) is 0 Å². The van der Waals surface area contributed by atoms with Crippen LogP contribution in [-0.2, 0) is 0 Å². The zero-order valence-electron chi connectivity index (χ0n) is 31.2. The van der Waals surface area contributed by atoms with Crippen LogP contribution in [0.5, 0.6) is 0 Å². The van der Waals surface area contributed by atoms with E-state index in [1.54, 1.807) is 0 Å². The molecule has 4 heteroatoms. The number of furan rings is 1. The zero-order chi connectivity index (χ0) is 37.9. The number of fused-ring (bicyclic) bond motifs is 13. The minimum atomic E-state index is 0.912. The summed E-state index contributed by atoms with van der Waals surface area (Å²) in [6.07, 6.45) is 0. The largest absolute Gasteiger partial charge is 0.456 e. The molecular formula is C54H32N2OS. The number of rotatable bonds is 4. The van der Waals surface area contributed by atoms with Crippen LogP contribution in [-0.4, -0.2) is 9.13 Å². The predicted octanol–water partition coefficient (Wildman–Crippen LogP) is 15.5. The van der Waals surface area contributed by atoms with E-state index >= 15 is 0 Å². The van der Waals surface area contributed by atoms with Gasteiger partial charge in [0.2, 0.25) is 0 Å². The van der Waals surface area contributed by atoms with Crippen LogP contribution in [0.4, 0.5) is 0 Å². The molecule has 0 unspecified atom stereocenters. The van der Waals surface area contributed by atoms with Gasteiger partial charge in [-0.05, 0) is 113 Å². The summed E-state index contributed by atoms with van der Waals surface area (Å²) in [5.74, 6) is 0. The molecule has 58 heavy (non-hydrogen) atoms. The van der Waals surface area contributed by atoms with Crippen LogP contribution < -0.4 is 0 Å². The Labute approximate surface area is 336 Å². The minimum Gasteiger partial charge on any atom is -0.456 e. The first-order valence-electron chi connectivity index (χ1n) is 19.7. The van der Waals surface area contributed by atoms with Gasteiger partial charge < -0.3 is 13.6 Å². The van der Waals surface area contributed by atoms with Crippen LogP contribution in [0.25, 0.3) is 119 Å². The lowest BCUT2D eigenvalue weighted by Crippen LogP contribution is -1.93. The summed E-state index contributed by atoms with van der Waals surface area (Å²) >= 11 is 1.90. The fraction of sp³-hybridized carbons (Fsp3) is 0. The maximum absolute atomic E-state index is 6.17. The van der Waals surface area contributed by atoms with Crippen molar-refractivity contribution in [3.8, 4) is 33.6 Å². The van der Waals surface area contributed by atoms with Crippen molar-refractivity contribution < 1.29 is 4.42 Å². The number of hydrogen-bond acceptors (Lipinski definition) is 2. The van der Waals surface area contributed by atoms with E-state index in [9.17, 15) is 0 Å². The molecule has 0 radical (unpaired) electrons. The average Bonchev–Trinajstić information content (AvgIpc) is 4.03. The highest BCUT2D eigenvalue weighted by molar-refractivity contribution is 7.26. The van der Waals surface area contributed by atoms with Crippen molar-refractivity contribution in [2.75, 3.05) is 0 Å². The highest BCUT2D eigenvalue weighted by atomic mass is 32.1. The molecule has 13 aromatic rings. The highest BCUT2D eigenvalue weighted by Crippen LogP contribution is 2.45. The Balaban J connectivity index is 0.999. The van der Waals surface area contributed by atoms with Gasteiger partial charge in [-0.25, -0.2) is 0 Å². The number of benzene rings is 9. The normalized spacial score (nSPS) is 12.1. The SMILES string of the molecule is c1ccc(-n2c3ccc(-c4ccc5oc6ccccc6c5c4)cc3c3cc(-c4ccc5sc6c(ccc7c6c6ccccc6n7-c6ccccc6)c5c4)ccc32)cc1. The van der Waals surface area contributed by atoms with Gasteiger partial charge in [0.05, 0.1) is 22.1 Å². The summed E-state index contributed by atoms with van der Waals surface area (Å²) in [7, 11) is 0. The summed E-state index contributed by atoms with van der Waals surface area (Å²) < 4.78 is 13.6. The van der Waals surface area contributed by atoms with Gasteiger partial charge in [0.1, 0.15) is 11.2 Å². The summed E-state index contributed by atoms with van der Waals surface area (Å²) in [5.41, 5.74) is 13.8. The van der Waals surface area contributed by atoms with Crippen LogP contribution in [0.15, 0.2) is 199 Å². The van der Waals surface area contributed by atoms with Crippen LogP contribution in [0, 0.1) is 0 Å². The van der Waals surface area contributed by atoms with Gasteiger partial charge in [0.25, 0.3) is 0 Å². The van der Waals surface area contributed by atoms with E-state index in [2.05, 4.69) is 191 Å². The molecule has 0 aliphatic heterocycles. The third kappa shape index (κ3) is 4.55. The molecule has 0 N–H and O–H groups in total. The van der Waals surface area contributed by atoms with E-state index in [-0.39, 0.29) is 0 Å². The van der Waals surface area contributed by atoms with Gasteiger partial charge in [-0.3, -0.25) is 0 Å². The Morgan fingerprint density at radius 1 is 0.328 bits per heavy atom. The van der Waals surface area contributed by atoms with Gasteiger partial charge in [0, 0.05) is 63.9 Å². The second-order valence-corrected chi connectivity index (χ2v) is 16.3. The van der Waals surface area contributed by atoms with E-state index < -0.39 is 0 Å². The van der Waals surface area contributed by atoms with E-state index in [1.807, 2.05) is 23.5 Å². The molecule has 0 spiro atoms. The number of thiophene rings is 1. The lowest BCUT2D eigenvalue weighted by atomic mass is 9.98. The van der Waals surface area contributed by atoms with Crippen molar-refractivity contribution in [3.63, 3.8) is 0 Å². The third-order valence-corrected chi connectivity index (χ3v) is 13.3. The maximum Gasteiger partial charge on any atom is 0.135 e. The first-order chi connectivity index (χ1) is 28.7. The highest BCUT2D eigenvalue weighted by Gasteiger charge is 2.19. The van der Waals surface area contributed by atoms with Gasteiger partial charge >= 0.3 is 0 Å². The smallest absolute Gasteiger partial charge is 0.135 e. The molecule has 0 aliphatic rings. The lowest BCUT2D eigenvalue weighted by molar-refractivity contribution is 0.669. The van der Waals surface area contributed by atoms with Crippen LogP contribution in [0.2, 0.25) is 0 Å². The summed E-state index contributed by atoms with van der Waals surface area (Å²) in [6.45, 7) is 0. The predicted molar refractivity (Wildman–Crippen MR) is 246 cm³/mol. The number of para-hydroxylation sites is 4. The van der Waals surface area contributed by atoms with Crippen molar-refractivity contribution in [1.29, 1.82) is 0 Å². The van der Waals surface area contributed by atoms with Crippen molar-refractivity contribution in [2.45, 2.75) is 0 Å². The number of aromatic nitrogens is 2. The Kier molecular flexibility index (Phi) is 6.60. The van der Waals surface area contributed by atoms with Gasteiger partial charge in [-0.1, -0.05) is 103 Å². The number of hydrogen-bond donors (Lipinski definition) is 0. The standard InChI is InChI=1S/C54H32N2OS/c1-3-11-37(12-4-1)55-47-24-19-33(35-21-27-51-44(31-35)39-15-8-10-18-50(39)57-51)29-42(47)43-30-34(20-25-48(43)55)36-22-28-52-45(32-36)40-23-26-49-53(54(40)58-52)41-16-7-9-17-46(41)56(49)38-13-5-2-6-14-38/h1-32H. The molecular weight excluding hydrogens is 725 g/mol. The lowest BCUT2D eigenvalue weighted by Gasteiger charge is -2.09. The van der Waals surface area contributed by atoms with Crippen molar-refractivity contribution >= 4 is 97.1 Å². The topological polar surface area (TPSA) is 23.0 Å². The van der Waals surface area contributed by atoms with Gasteiger partial charge in [-0.15, -0.1) is 11.3 Å². The fourth-order valence-corrected chi connectivity index (χ4v) is 10.7.